The molecule has 18 nitrogen and oxygen atoms in total. The number of non-ortho nitro benzene ring substituents is 1. The van der Waals surface area contributed by atoms with E-state index in [4.69, 9.17) is 23.7 Å². The molecule has 0 aliphatic carbocycles. The zero-order chi connectivity index (χ0) is 49.0. The Morgan fingerprint density at radius 3 is 2.10 bits per heavy atom. The van der Waals surface area contributed by atoms with Gasteiger partial charge in [-0.15, -0.1) is 0 Å². The highest BCUT2D eigenvalue weighted by atomic mass is 16.6. The number of fused-ring (bicyclic) bond motifs is 3. The van der Waals surface area contributed by atoms with E-state index in [1.165, 1.54) is 42.5 Å². The average molecular weight is 938 g/mol. The van der Waals surface area contributed by atoms with Crippen molar-refractivity contribution < 1.29 is 67.6 Å². The number of ether oxygens (including phenoxy) is 5. The topological polar surface area (TPSA) is 239 Å². The molecule has 69 heavy (non-hydrogen) atoms. The van der Waals surface area contributed by atoms with Crippen molar-refractivity contribution in [2.45, 2.75) is 42.7 Å². The minimum absolute atomic E-state index is 0.0339. The largest absolute Gasteiger partial charge is 0.491 e. The van der Waals surface area contributed by atoms with Crippen LogP contribution in [0.25, 0.3) is 0 Å². The minimum atomic E-state index is -2.39. The number of carbonyl (C=O) groups excluding carboxylic acids is 5. The van der Waals surface area contributed by atoms with E-state index in [-0.39, 0.29) is 53.4 Å². The quantitative estimate of drug-likeness (QED) is 0.0356. The van der Waals surface area contributed by atoms with Crippen LogP contribution in [0.15, 0.2) is 127 Å². The van der Waals surface area contributed by atoms with Crippen LogP contribution in [0.5, 0.6) is 5.75 Å². The lowest BCUT2D eigenvalue weighted by Crippen LogP contribution is -2.53. The summed E-state index contributed by atoms with van der Waals surface area (Å²) in [4.78, 5) is 98.1. The first-order valence-corrected chi connectivity index (χ1v) is 21.5. The number of aliphatic carboxylic acids is 1. The first-order chi connectivity index (χ1) is 33.3. The molecule has 5 aromatic carbocycles. The molecule has 5 aromatic rings. The number of carbonyl (C=O) groups is 6. The maximum Gasteiger partial charge on any atom is 0.421 e. The molecular formula is C51H43N3O15. The average Bonchev–Trinajstić information content (AvgIpc) is 3.83. The number of aliphatic hydroxyl groups excluding tert-OH is 1. The van der Waals surface area contributed by atoms with Crippen LogP contribution in [0.3, 0.4) is 0 Å². The van der Waals surface area contributed by atoms with E-state index in [1.54, 1.807) is 89.8 Å². The number of hydrogen-bond acceptors (Lipinski definition) is 15. The lowest BCUT2D eigenvalue weighted by atomic mass is 9.65. The molecule has 0 unspecified atom stereocenters. The van der Waals surface area contributed by atoms with Crippen molar-refractivity contribution in [1.29, 1.82) is 0 Å². The van der Waals surface area contributed by atoms with E-state index in [9.17, 15) is 44.3 Å². The van der Waals surface area contributed by atoms with Crippen LogP contribution in [0.2, 0.25) is 0 Å². The molecule has 0 aromatic heterocycles. The van der Waals surface area contributed by atoms with E-state index < -0.39 is 88.9 Å². The highest BCUT2D eigenvalue weighted by Crippen LogP contribution is 2.66. The van der Waals surface area contributed by atoms with Crippen molar-refractivity contribution >= 4 is 47.3 Å². The summed E-state index contributed by atoms with van der Waals surface area (Å²) < 4.78 is 27.4. The minimum Gasteiger partial charge on any atom is -0.491 e. The Morgan fingerprint density at radius 1 is 0.826 bits per heavy atom. The Balaban J connectivity index is 1.38. The molecule has 1 spiro atoms. The van der Waals surface area contributed by atoms with Crippen molar-refractivity contribution in [2.24, 2.45) is 11.8 Å². The van der Waals surface area contributed by atoms with Crippen molar-refractivity contribution in [1.82, 2.24) is 4.90 Å². The fourth-order valence-corrected chi connectivity index (χ4v) is 9.61. The number of nitro benzene ring substituents is 1. The van der Waals surface area contributed by atoms with Crippen LogP contribution >= 0.6 is 0 Å². The Bertz CT molecular complexity index is 2870. The zero-order valence-corrected chi connectivity index (χ0v) is 37.0. The van der Waals surface area contributed by atoms with Crippen molar-refractivity contribution in [3.63, 3.8) is 0 Å². The Morgan fingerprint density at radius 2 is 1.48 bits per heavy atom. The number of carboxylic acids is 1. The van der Waals surface area contributed by atoms with E-state index in [1.807, 2.05) is 0 Å². The molecule has 18 heteroatoms. The summed E-state index contributed by atoms with van der Waals surface area (Å²) in [5, 5.41) is 32.7. The number of benzene rings is 5. The number of nitrogens with zero attached hydrogens (tertiary/aromatic N) is 3. The Kier molecular flexibility index (Phi) is 13.5. The summed E-state index contributed by atoms with van der Waals surface area (Å²) in [6.07, 6.45) is -2.65. The van der Waals surface area contributed by atoms with E-state index in [0.717, 1.165) is 14.2 Å². The molecule has 2 fully saturated rings. The first-order valence-electron chi connectivity index (χ1n) is 21.5. The van der Waals surface area contributed by atoms with Gasteiger partial charge in [-0.1, -0.05) is 84.6 Å². The predicted molar refractivity (Wildman–Crippen MR) is 241 cm³/mol. The van der Waals surface area contributed by atoms with Gasteiger partial charge in [-0.3, -0.25) is 39.0 Å². The van der Waals surface area contributed by atoms with Gasteiger partial charge in [0.15, 0.2) is 5.92 Å². The number of carboxylic acid groups (broad SMARTS) is 1. The lowest BCUT2D eigenvalue weighted by molar-refractivity contribution is -0.384. The van der Waals surface area contributed by atoms with Crippen molar-refractivity contribution in [3.8, 4) is 17.6 Å². The number of nitro groups is 1. The van der Waals surface area contributed by atoms with Gasteiger partial charge >= 0.3 is 30.0 Å². The normalized spacial score (nSPS) is 21.3. The van der Waals surface area contributed by atoms with Gasteiger partial charge in [0.25, 0.3) is 5.69 Å². The molecule has 2 amide bonds. The van der Waals surface area contributed by atoms with Gasteiger partial charge in [0.1, 0.15) is 42.4 Å². The monoisotopic (exact) mass is 937 g/mol. The van der Waals surface area contributed by atoms with E-state index >= 15 is 4.79 Å². The fourth-order valence-electron chi connectivity index (χ4n) is 9.61. The molecule has 3 aliphatic rings. The number of amides is 2. The van der Waals surface area contributed by atoms with Gasteiger partial charge in [-0.05, 0) is 70.3 Å². The summed E-state index contributed by atoms with van der Waals surface area (Å²) in [6, 6.07) is 29.6. The molecule has 3 heterocycles. The van der Waals surface area contributed by atoms with Crippen LogP contribution in [-0.2, 0) is 54.9 Å². The molecule has 3 aliphatic heterocycles. The summed E-state index contributed by atoms with van der Waals surface area (Å²) in [5.41, 5.74) is -0.793. The van der Waals surface area contributed by atoms with Gasteiger partial charge in [0.05, 0.1) is 43.5 Å². The van der Waals surface area contributed by atoms with Crippen LogP contribution < -0.4 is 9.64 Å². The third-order valence-corrected chi connectivity index (χ3v) is 12.5. The van der Waals surface area contributed by atoms with E-state index in [0.29, 0.717) is 21.6 Å². The predicted octanol–water partition coefficient (Wildman–Crippen LogP) is 5.76. The fraction of sp³-hybridized carbons (Fsp3) is 0.255. The number of aliphatic hydroxyl groups is 1. The molecule has 6 atom stereocenters. The summed E-state index contributed by atoms with van der Waals surface area (Å²) in [5.74, 6) is -2.89. The van der Waals surface area contributed by atoms with Crippen LogP contribution in [0.4, 0.5) is 16.2 Å². The zero-order valence-electron chi connectivity index (χ0n) is 37.0. The third-order valence-electron chi connectivity index (χ3n) is 12.5. The van der Waals surface area contributed by atoms with Crippen LogP contribution in [0.1, 0.15) is 58.0 Å². The molecule has 2 N–H and O–H groups in total. The maximum absolute atomic E-state index is 16.1. The number of rotatable bonds is 13. The summed E-state index contributed by atoms with van der Waals surface area (Å²) in [6.45, 7) is -0.927. The number of anilines is 1. The SMILES string of the molecule is COC(=O)C(CC#Cc1ccc2c(c1)[C@]1(C(=O)N2C(=O)OCc2ccc([N+](=O)[O-])cc2)[C@H](c2cccc(OCCO)c2)N2[C@H](c3ccccc3)[C@H](c3ccccc3)OC(=O)[C@H]2[C@@H]1C(=O)O)C(=O)OC. The van der Waals surface area contributed by atoms with Gasteiger partial charge in [0.2, 0.25) is 5.91 Å². The van der Waals surface area contributed by atoms with Gasteiger partial charge < -0.3 is 33.9 Å². The second-order valence-electron chi connectivity index (χ2n) is 16.2. The third kappa shape index (κ3) is 8.60. The number of hydrogen-bond donors (Lipinski definition) is 2. The Hall–Kier alpha value is -8.40. The number of morpholine rings is 1. The summed E-state index contributed by atoms with van der Waals surface area (Å²) in [7, 11) is 2.20. The molecule has 0 bridgehead atoms. The number of esters is 3. The molecule has 0 radical (unpaired) electrons. The molecule has 8 rings (SSSR count). The highest BCUT2D eigenvalue weighted by molar-refractivity contribution is 6.23. The second kappa shape index (κ2) is 19.8. The molecule has 0 saturated carbocycles. The number of imide groups is 1. The summed E-state index contributed by atoms with van der Waals surface area (Å²) >= 11 is 0. The van der Waals surface area contributed by atoms with Gasteiger partial charge in [-0.2, -0.15) is 0 Å². The maximum atomic E-state index is 16.1. The smallest absolute Gasteiger partial charge is 0.421 e. The van der Waals surface area contributed by atoms with Gasteiger partial charge in [0, 0.05) is 24.1 Å². The van der Waals surface area contributed by atoms with Crippen LogP contribution in [0, 0.1) is 33.8 Å². The van der Waals surface area contributed by atoms with Crippen LogP contribution in [-0.4, -0.2) is 89.4 Å². The Labute approximate surface area is 394 Å². The lowest BCUT2D eigenvalue weighted by Gasteiger charge is -2.46. The molecular weight excluding hydrogens is 895 g/mol. The van der Waals surface area contributed by atoms with E-state index in [2.05, 4.69) is 11.8 Å². The standard InChI is InChI=1S/C51H43N3O15/c1-65-46(58)37(47(59)66-2)18-9-11-30-21-24-39-38(27-30)51(49(61)52(39)50(62)68-29-31-19-22-35(23-20-31)54(63)64)40(45(56)57)42-48(60)69-43(33-14-7-4-8-15-33)41(32-12-5-3-6-13-32)53(42)44(51)34-16-10-17-36(28-34)67-26-25-55/h3-8,10,12-17,19-24,27-28,37,40-44,55H,18,25-26,29H2,1-2H3,(H,56,57)/t40-,41-,42-,43+,44+,51-/m1/s1. The number of methoxy groups -OCH3 is 2. The number of cyclic esters (lactones) is 1. The molecule has 2 saturated heterocycles. The second-order valence-corrected chi connectivity index (χ2v) is 16.2. The van der Waals surface area contributed by atoms with Crippen molar-refractivity contribution in [2.75, 3.05) is 32.3 Å². The molecule has 352 valence electrons. The first kappa shape index (κ1) is 47.1. The van der Waals surface area contributed by atoms with Crippen molar-refractivity contribution in [3.05, 3.63) is 171 Å². The highest BCUT2D eigenvalue weighted by Gasteiger charge is 2.76. The van der Waals surface area contributed by atoms with Gasteiger partial charge in [-0.25, -0.2) is 9.69 Å².